The normalized spacial score (nSPS) is 10.7. The molecule has 2 aromatic heterocycles. The van der Waals surface area contributed by atoms with Crippen LogP contribution in [-0.2, 0) is 11.3 Å². The molecule has 2 heterocycles. The molecule has 0 atom stereocenters. The number of hydrogen-bond donors (Lipinski definition) is 1. The molecule has 9 heteroatoms. The number of rotatable bonds is 7. The molecule has 3 aromatic rings. The lowest BCUT2D eigenvalue weighted by Crippen LogP contribution is -2.34. The highest BCUT2D eigenvalue weighted by molar-refractivity contribution is 7.19. The maximum absolute atomic E-state index is 12.8. The second-order valence-corrected chi connectivity index (χ2v) is 7.09. The first-order valence-corrected chi connectivity index (χ1v) is 9.28. The van der Waals surface area contributed by atoms with E-state index in [0.717, 1.165) is 15.3 Å². The van der Waals surface area contributed by atoms with Gasteiger partial charge in [-0.2, -0.15) is 5.10 Å². The maximum Gasteiger partial charge on any atom is 0.294 e. The highest BCUT2D eigenvalue weighted by Gasteiger charge is 2.19. The van der Waals surface area contributed by atoms with Crippen molar-refractivity contribution < 1.29 is 14.3 Å². The van der Waals surface area contributed by atoms with Crippen LogP contribution in [0.5, 0.6) is 11.5 Å². The van der Waals surface area contributed by atoms with E-state index in [1.54, 1.807) is 32.4 Å². The molecule has 0 aliphatic rings. The van der Waals surface area contributed by atoms with Gasteiger partial charge in [-0.05, 0) is 25.1 Å². The zero-order chi connectivity index (χ0) is 20.3. The minimum Gasteiger partial charge on any atom is -0.493 e. The van der Waals surface area contributed by atoms with Crippen LogP contribution in [-0.4, -0.2) is 41.4 Å². The van der Waals surface area contributed by atoms with Gasteiger partial charge >= 0.3 is 0 Å². The van der Waals surface area contributed by atoms with E-state index in [9.17, 15) is 9.59 Å². The van der Waals surface area contributed by atoms with E-state index in [4.69, 9.17) is 9.47 Å². The van der Waals surface area contributed by atoms with Gasteiger partial charge in [0.15, 0.2) is 17.0 Å². The van der Waals surface area contributed by atoms with Crippen molar-refractivity contribution in [2.45, 2.75) is 13.5 Å². The Kier molecular flexibility index (Phi) is 5.74. The third kappa shape index (κ3) is 3.74. The molecule has 0 bridgehead atoms. The summed E-state index contributed by atoms with van der Waals surface area (Å²) in [5.74, 6) is 0.789. The molecule has 0 radical (unpaired) electrons. The number of fused-ring (bicyclic) bond motifs is 1. The van der Waals surface area contributed by atoms with Crippen molar-refractivity contribution in [1.29, 1.82) is 0 Å². The second-order valence-electron chi connectivity index (χ2n) is 5.88. The number of carbonyl (C=O) groups is 1. The molecular weight excluding hydrogens is 380 g/mol. The van der Waals surface area contributed by atoms with Gasteiger partial charge in [0.05, 0.1) is 23.9 Å². The third-order valence-corrected chi connectivity index (χ3v) is 4.98. The first-order chi connectivity index (χ1) is 13.5. The molecule has 0 aliphatic carbocycles. The molecule has 1 N–H and O–H groups in total. The summed E-state index contributed by atoms with van der Waals surface area (Å²) in [7, 11) is 3.11. The Hall–Kier alpha value is -3.20. The largest absolute Gasteiger partial charge is 0.493 e. The molecule has 0 saturated carbocycles. The van der Waals surface area contributed by atoms with Crippen LogP contribution in [0.25, 0.3) is 21.5 Å². The van der Waals surface area contributed by atoms with Gasteiger partial charge in [0.1, 0.15) is 12.2 Å². The predicted molar refractivity (Wildman–Crippen MR) is 108 cm³/mol. The van der Waals surface area contributed by atoms with Crippen molar-refractivity contribution in [2.24, 2.45) is 0 Å². The van der Waals surface area contributed by atoms with Gasteiger partial charge in [-0.15, -0.1) is 17.9 Å². The van der Waals surface area contributed by atoms with E-state index in [2.05, 4.69) is 22.0 Å². The molecule has 0 unspecified atom stereocenters. The van der Waals surface area contributed by atoms with Crippen LogP contribution in [0.3, 0.4) is 0 Å². The Bertz CT molecular complexity index is 1100. The quantitative estimate of drug-likeness (QED) is 0.611. The first kappa shape index (κ1) is 19.6. The molecule has 3 rings (SSSR count). The van der Waals surface area contributed by atoms with Crippen molar-refractivity contribution >= 4 is 27.5 Å². The van der Waals surface area contributed by atoms with E-state index in [1.165, 1.54) is 11.3 Å². The predicted octanol–water partition coefficient (Wildman–Crippen LogP) is 2.15. The number of aryl methyl sites for hydroxylation is 1. The van der Waals surface area contributed by atoms with Crippen molar-refractivity contribution in [2.75, 3.05) is 20.8 Å². The lowest BCUT2D eigenvalue weighted by Gasteiger charge is -2.11. The lowest BCUT2D eigenvalue weighted by atomic mass is 10.1. The number of hydrogen-bond acceptors (Lipinski definition) is 7. The summed E-state index contributed by atoms with van der Waals surface area (Å²) in [5.41, 5.74) is 1.17. The smallest absolute Gasteiger partial charge is 0.294 e. The van der Waals surface area contributed by atoms with E-state index < -0.39 is 5.56 Å². The molecule has 146 valence electrons. The van der Waals surface area contributed by atoms with Crippen LogP contribution < -0.4 is 20.3 Å². The van der Waals surface area contributed by atoms with Gasteiger partial charge in [0.2, 0.25) is 5.91 Å². The van der Waals surface area contributed by atoms with E-state index in [-0.39, 0.29) is 12.5 Å². The number of nitrogens with zero attached hydrogens (tertiary/aromatic N) is 3. The van der Waals surface area contributed by atoms with Gasteiger partial charge < -0.3 is 14.8 Å². The molecule has 1 aromatic carbocycles. The monoisotopic (exact) mass is 400 g/mol. The standard InChI is InChI=1S/C19H20N4O4S/c1-5-8-20-15(24)10-23-19(25)17-18(28-11(2)21-17)16(22-23)12-6-7-13(26-3)14(9-12)27-4/h5-7,9H,1,8,10H2,2-4H3,(H,20,24). The van der Waals surface area contributed by atoms with Gasteiger partial charge in [-0.3, -0.25) is 9.59 Å². The van der Waals surface area contributed by atoms with Gasteiger partial charge in [0, 0.05) is 12.1 Å². The Balaban J connectivity index is 2.16. The van der Waals surface area contributed by atoms with Crippen LogP contribution in [0.15, 0.2) is 35.6 Å². The second kappa shape index (κ2) is 8.22. The number of carbonyl (C=O) groups excluding carboxylic acids is 1. The van der Waals surface area contributed by atoms with Crippen molar-refractivity contribution in [3.63, 3.8) is 0 Å². The van der Waals surface area contributed by atoms with Crippen LogP contribution in [0.1, 0.15) is 5.01 Å². The lowest BCUT2D eigenvalue weighted by molar-refractivity contribution is -0.121. The molecule has 0 spiro atoms. The SMILES string of the molecule is C=CCNC(=O)Cn1nc(-c2ccc(OC)c(OC)c2)c2sc(C)nc2c1=O. The van der Waals surface area contributed by atoms with Gasteiger partial charge in [-0.25, -0.2) is 9.67 Å². The minimum atomic E-state index is -0.405. The van der Waals surface area contributed by atoms with E-state index >= 15 is 0 Å². The number of thiazole rings is 1. The van der Waals surface area contributed by atoms with E-state index in [1.807, 2.05) is 13.0 Å². The van der Waals surface area contributed by atoms with Crippen molar-refractivity contribution in [3.8, 4) is 22.8 Å². The summed E-state index contributed by atoms with van der Waals surface area (Å²) in [6.45, 7) is 5.48. The number of amides is 1. The molecule has 0 saturated heterocycles. The Morgan fingerprint density at radius 3 is 2.75 bits per heavy atom. The number of ether oxygens (including phenoxy) is 2. The number of methoxy groups -OCH3 is 2. The average molecular weight is 400 g/mol. The van der Waals surface area contributed by atoms with Crippen LogP contribution >= 0.6 is 11.3 Å². The fourth-order valence-electron chi connectivity index (χ4n) is 2.72. The molecular formula is C19H20N4O4S. The topological polar surface area (TPSA) is 95.3 Å². The summed E-state index contributed by atoms with van der Waals surface area (Å²) < 4.78 is 12.4. The summed E-state index contributed by atoms with van der Waals surface area (Å²) >= 11 is 1.38. The first-order valence-electron chi connectivity index (χ1n) is 8.46. The molecule has 8 nitrogen and oxygen atoms in total. The Labute approximate surface area is 165 Å². The highest BCUT2D eigenvalue weighted by Crippen LogP contribution is 2.35. The Morgan fingerprint density at radius 1 is 1.32 bits per heavy atom. The molecule has 28 heavy (non-hydrogen) atoms. The zero-order valence-electron chi connectivity index (χ0n) is 15.8. The van der Waals surface area contributed by atoms with Crippen molar-refractivity contribution in [3.05, 3.63) is 46.2 Å². The molecule has 1 amide bonds. The number of nitrogens with one attached hydrogen (secondary N) is 1. The minimum absolute atomic E-state index is 0.209. The summed E-state index contributed by atoms with van der Waals surface area (Å²) in [6, 6.07) is 5.37. The fourth-order valence-corrected chi connectivity index (χ4v) is 3.64. The fraction of sp³-hybridized carbons (Fsp3) is 0.263. The van der Waals surface area contributed by atoms with Crippen LogP contribution in [0.4, 0.5) is 0 Å². The number of benzene rings is 1. The summed E-state index contributed by atoms with van der Waals surface area (Å²) in [4.78, 5) is 29.2. The number of aromatic nitrogens is 3. The van der Waals surface area contributed by atoms with Crippen LogP contribution in [0, 0.1) is 6.92 Å². The highest BCUT2D eigenvalue weighted by atomic mass is 32.1. The summed E-state index contributed by atoms with van der Waals surface area (Å²) in [6.07, 6.45) is 1.57. The van der Waals surface area contributed by atoms with Crippen molar-refractivity contribution in [1.82, 2.24) is 20.1 Å². The van der Waals surface area contributed by atoms with Gasteiger partial charge in [0.25, 0.3) is 5.56 Å². The summed E-state index contributed by atoms with van der Waals surface area (Å²) in [5, 5.41) is 7.84. The average Bonchev–Trinajstić information content (AvgIpc) is 3.09. The third-order valence-electron chi connectivity index (χ3n) is 4.00. The molecule has 0 fully saturated rings. The molecule has 0 aliphatic heterocycles. The maximum atomic E-state index is 12.8. The zero-order valence-corrected chi connectivity index (χ0v) is 16.6. The Morgan fingerprint density at radius 2 is 2.07 bits per heavy atom. The van der Waals surface area contributed by atoms with Crippen LogP contribution in [0.2, 0.25) is 0 Å². The van der Waals surface area contributed by atoms with Gasteiger partial charge in [-0.1, -0.05) is 6.08 Å². The van der Waals surface area contributed by atoms with E-state index in [0.29, 0.717) is 34.0 Å².